The second-order valence-corrected chi connectivity index (χ2v) is 8.95. The van der Waals surface area contributed by atoms with Gasteiger partial charge in [0.2, 0.25) is 0 Å². The van der Waals surface area contributed by atoms with Crippen LogP contribution in [0.25, 0.3) is 0 Å². The lowest BCUT2D eigenvalue weighted by Gasteiger charge is -2.37. The molecule has 0 radical (unpaired) electrons. The molecule has 0 spiro atoms. The molecule has 0 bridgehead atoms. The zero-order chi connectivity index (χ0) is 24.9. The molecule has 0 saturated heterocycles. The van der Waals surface area contributed by atoms with Crippen LogP contribution in [0.5, 0.6) is 5.75 Å². The number of hydrogen-bond donors (Lipinski definition) is 1. The van der Waals surface area contributed by atoms with E-state index in [-0.39, 0.29) is 24.5 Å². The van der Waals surface area contributed by atoms with Crippen molar-refractivity contribution in [3.8, 4) is 5.75 Å². The first kappa shape index (κ1) is 23.4. The highest BCUT2D eigenvalue weighted by Gasteiger charge is 2.33. The largest absolute Gasteiger partial charge is 0.484 e. The van der Waals surface area contributed by atoms with Gasteiger partial charge in [-0.1, -0.05) is 66.2 Å². The molecule has 1 unspecified atom stereocenters. The van der Waals surface area contributed by atoms with Crippen LogP contribution in [0.3, 0.4) is 0 Å². The van der Waals surface area contributed by atoms with E-state index in [1.54, 1.807) is 12.1 Å². The summed E-state index contributed by atoms with van der Waals surface area (Å²) in [7, 11) is 0. The average Bonchev–Trinajstić information content (AvgIpc) is 3.45. The van der Waals surface area contributed by atoms with Crippen LogP contribution in [0.4, 0.5) is 0 Å². The van der Waals surface area contributed by atoms with Crippen molar-refractivity contribution >= 4 is 11.8 Å². The Hall–Kier alpha value is -4.32. The first-order valence-corrected chi connectivity index (χ1v) is 12.1. The van der Waals surface area contributed by atoms with Gasteiger partial charge >= 0.3 is 0 Å². The summed E-state index contributed by atoms with van der Waals surface area (Å²) in [5, 5.41) is 2.90. The first-order valence-electron chi connectivity index (χ1n) is 12.1. The van der Waals surface area contributed by atoms with E-state index in [9.17, 15) is 9.59 Å². The third-order valence-electron chi connectivity index (χ3n) is 6.40. The normalized spacial score (nSPS) is 14.7. The Balaban J connectivity index is 1.34. The van der Waals surface area contributed by atoms with E-state index < -0.39 is 0 Å². The maximum atomic E-state index is 13.3. The maximum absolute atomic E-state index is 13.3. The number of carbonyl (C=O) groups excluding carboxylic acids is 2. The van der Waals surface area contributed by atoms with Gasteiger partial charge in [0.05, 0.1) is 12.3 Å². The number of fused-ring (bicyclic) bond motifs is 1. The molecule has 3 aromatic carbocycles. The summed E-state index contributed by atoms with van der Waals surface area (Å²) < 4.78 is 11.3. The topological polar surface area (TPSA) is 71.8 Å². The number of ether oxygens (including phenoxy) is 1. The summed E-state index contributed by atoms with van der Waals surface area (Å²) in [4.78, 5) is 27.6. The van der Waals surface area contributed by atoms with Gasteiger partial charge in [-0.05, 0) is 59.9 Å². The van der Waals surface area contributed by atoms with Crippen molar-refractivity contribution in [2.24, 2.45) is 0 Å². The lowest BCUT2D eigenvalue weighted by atomic mass is 9.87. The molecule has 6 heteroatoms. The van der Waals surface area contributed by atoms with Gasteiger partial charge < -0.3 is 19.4 Å². The molecule has 1 atom stereocenters. The monoisotopic (exact) mass is 480 g/mol. The van der Waals surface area contributed by atoms with E-state index in [0.717, 1.165) is 34.2 Å². The van der Waals surface area contributed by atoms with Gasteiger partial charge in [0.15, 0.2) is 12.4 Å². The molecule has 182 valence electrons. The van der Waals surface area contributed by atoms with Gasteiger partial charge in [-0.15, -0.1) is 0 Å². The van der Waals surface area contributed by atoms with Gasteiger partial charge in [0.1, 0.15) is 5.75 Å². The first-order chi connectivity index (χ1) is 17.6. The molecule has 36 heavy (non-hydrogen) atoms. The van der Waals surface area contributed by atoms with Crippen molar-refractivity contribution in [1.82, 2.24) is 10.2 Å². The Morgan fingerprint density at radius 3 is 2.64 bits per heavy atom. The van der Waals surface area contributed by atoms with Crippen LogP contribution >= 0.6 is 0 Å². The molecule has 1 N–H and O–H groups in total. The fraction of sp³-hybridized carbons (Fsp3) is 0.200. The van der Waals surface area contributed by atoms with Crippen molar-refractivity contribution in [2.45, 2.75) is 25.9 Å². The number of aryl methyl sites for hydroxylation is 1. The van der Waals surface area contributed by atoms with Gasteiger partial charge in [-0.25, -0.2) is 0 Å². The molecular formula is C30H28N2O4. The second-order valence-electron chi connectivity index (χ2n) is 8.95. The number of nitrogens with one attached hydrogen (secondary N) is 1. The molecule has 0 fully saturated rings. The SMILES string of the molecule is Cc1cccc(CNC(=O)COc2ccc3c(c2)C(c2ccccc2)N(C(=O)c2ccco2)CC3)c1. The number of amides is 2. The predicted molar refractivity (Wildman–Crippen MR) is 137 cm³/mol. The molecule has 2 amide bonds. The van der Waals surface area contributed by atoms with Crippen molar-refractivity contribution in [2.75, 3.05) is 13.2 Å². The zero-order valence-electron chi connectivity index (χ0n) is 20.1. The van der Waals surface area contributed by atoms with Crippen LogP contribution in [0.15, 0.2) is 95.6 Å². The molecule has 1 aromatic heterocycles. The number of carbonyl (C=O) groups is 2. The molecule has 0 aliphatic carbocycles. The Bertz CT molecular complexity index is 1350. The standard InChI is InChI=1S/C30H28N2O4/c1-21-7-5-8-22(17-21)19-31-28(33)20-36-25-13-12-23-14-15-32(30(34)27-11-6-16-35-27)29(26(23)18-25)24-9-3-2-4-10-24/h2-13,16-18,29H,14-15,19-20H2,1H3,(H,31,33). The van der Waals surface area contributed by atoms with Crippen molar-refractivity contribution in [3.63, 3.8) is 0 Å². The lowest BCUT2D eigenvalue weighted by Crippen LogP contribution is -2.40. The quantitative estimate of drug-likeness (QED) is 0.401. The second kappa shape index (κ2) is 10.5. The molecule has 0 saturated carbocycles. The smallest absolute Gasteiger partial charge is 0.290 e. The van der Waals surface area contributed by atoms with Crippen LogP contribution in [0.1, 0.15) is 44.4 Å². The van der Waals surface area contributed by atoms with Crippen molar-refractivity contribution in [1.29, 1.82) is 0 Å². The number of benzene rings is 3. The molecule has 1 aliphatic heterocycles. The van der Waals surface area contributed by atoms with Crippen LogP contribution in [0, 0.1) is 6.92 Å². The van der Waals surface area contributed by atoms with E-state index in [0.29, 0.717) is 24.6 Å². The van der Waals surface area contributed by atoms with Crippen molar-refractivity contribution in [3.05, 3.63) is 125 Å². The fourth-order valence-corrected chi connectivity index (χ4v) is 4.66. The Kier molecular flexibility index (Phi) is 6.85. The van der Waals surface area contributed by atoms with Gasteiger partial charge in [0, 0.05) is 13.1 Å². The van der Waals surface area contributed by atoms with E-state index in [1.165, 1.54) is 6.26 Å². The number of hydrogen-bond acceptors (Lipinski definition) is 4. The maximum Gasteiger partial charge on any atom is 0.290 e. The molecule has 2 heterocycles. The Morgan fingerprint density at radius 1 is 1.00 bits per heavy atom. The summed E-state index contributed by atoms with van der Waals surface area (Å²) in [5.74, 6) is 0.564. The zero-order valence-corrected chi connectivity index (χ0v) is 20.1. The molecular weight excluding hydrogens is 452 g/mol. The van der Waals surface area contributed by atoms with Crippen LogP contribution in [-0.4, -0.2) is 29.9 Å². The molecule has 1 aliphatic rings. The van der Waals surface area contributed by atoms with Crippen LogP contribution < -0.4 is 10.1 Å². The Labute approximate surface area is 210 Å². The fourth-order valence-electron chi connectivity index (χ4n) is 4.66. The summed E-state index contributed by atoms with van der Waals surface area (Å²) in [6.45, 7) is 2.97. The van der Waals surface area contributed by atoms with Gasteiger partial charge in [-0.2, -0.15) is 0 Å². The minimum atomic E-state index is -0.286. The highest BCUT2D eigenvalue weighted by Crippen LogP contribution is 2.38. The van der Waals surface area contributed by atoms with E-state index in [4.69, 9.17) is 9.15 Å². The third-order valence-corrected chi connectivity index (χ3v) is 6.40. The molecule has 6 nitrogen and oxygen atoms in total. The summed E-state index contributed by atoms with van der Waals surface area (Å²) >= 11 is 0. The predicted octanol–water partition coefficient (Wildman–Crippen LogP) is 5.07. The lowest BCUT2D eigenvalue weighted by molar-refractivity contribution is -0.123. The number of furan rings is 1. The van der Waals surface area contributed by atoms with Crippen molar-refractivity contribution < 1.29 is 18.7 Å². The van der Waals surface area contributed by atoms with Gasteiger partial charge in [0.25, 0.3) is 11.8 Å². The summed E-state index contributed by atoms with van der Waals surface area (Å²) in [5.41, 5.74) is 5.35. The highest BCUT2D eigenvalue weighted by molar-refractivity contribution is 5.92. The number of nitrogens with zero attached hydrogens (tertiary/aromatic N) is 1. The summed E-state index contributed by atoms with van der Waals surface area (Å²) in [6, 6.07) is 27.0. The Morgan fingerprint density at radius 2 is 1.86 bits per heavy atom. The van der Waals surface area contributed by atoms with E-state index >= 15 is 0 Å². The average molecular weight is 481 g/mol. The highest BCUT2D eigenvalue weighted by atomic mass is 16.5. The molecule has 4 aromatic rings. The molecule has 5 rings (SSSR count). The van der Waals surface area contributed by atoms with E-state index in [2.05, 4.69) is 5.32 Å². The minimum Gasteiger partial charge on any atom is -0.484 e. The van der Waals surface area contributed by atoms with Crippen LogP contribution in [-0.2, 0) is 17.8 Å². The summed E-state index contributed by atoms with van der Waals surface area (Å²) in [6.07, 6.45) is 2.24. The van der Waals surface area contributed by atoms with E-state index in [1.807, 2.05) is 84.6 Å². The van der Waals surface area contributed by atoms with Gasteiger partial charge in [-0.3, -0.25) is 9.59 Å². The van der Waals surface area contributed by atoms with Crippen LogP contribution in [0.2, 0.25) is 0 Å². The number of rotatable bonds is 7. The minimum absolute atomic E-state index is 0.0877. The third kappa shape index (κ3) is 5.18.